The summed E-state index contributed by atoms with van der Waals surface area (Å²) in [6, 6.07) is 0. The van der Waals surface area contributed by atoms with E-state index in [1.54, 1.807) is 4.90 Å². The summed E-state index contributed by atoms with van der Waals surface area (Å²) in [5, 5.41) is 7.64. The quantitative estimate of drug-likeness (QED) is 0.762. The van der Waals surface area contributed by atoms with Gasteiger partial charge in [0.15, 0.2) is 0 Å². The van der Waals surface area contributed by atoms with E-state index in [-0.39, 0.29) is 5.95 Å². The zero-order valence-electron chi connectivity index (χ0n) is 11.1. The number of nitrogens with two attached hydrogens (primary N) is 1. The van der Waals surface area contributed by atoms with Crippen molar-refractivity contribution in [1.29, 1.82) is 0 Å². The Labute approximate surface area is 115 Å². The van der Waals surface area contributed by atoms with Crippen LogP contribution in [0, 0.1) is 0 Å². The zero-order chi connectivity index (χ0) is 13.8. The van der Waals surface area contributed by atoms with Crippen molar-refractivity contribution in [1.82, 2.24) is 30.1 Å². The van der Waals surface area contributed by atoms with Crippen molar-refractivity contribution in [3.05, 3.63) is 11.6 Å². The van der Waals surface area contributed by atoms with Gasteiger partial charge in [-0.2, -0.15) is 15.0 Å². The second-order valence-electron chi connectivity index (χ2n) is 4.01. The molecule has 2 rings (SSSR count). The smallest absolute Gasteiger partial charge is 0.229 e. The Hall–Kier alpha value is -1.90. The molecule has 0 aliphatic rings. The number of hydrogen-bond donors (Lipinski definition) is 2. The Kier molecular flexibility index (Phi) is 4.15. The highest BCUT2D eigenvalue weighted by atomic mass is 32.2. The number of nitrogens with zero attached hydrogens (tertiary/aromatic N) is 6. The number of thioether (sulfide) groups is 1. The van der Waals surface area contributed by atoms with Gasteiger partial charge < -0.3 is 10.6 Å². The van der Waals surface area contributed by atoms with E-state index in [2.05, 4.69) is 30.1 Å². The summed E-state index contributed by atoms with van der Waals surface area (Å²) in [6.07, 6.45) is 0.830. The van der Waals surface area contributed by atoms with Crippen LogP contribution < -0.4 is 10.6 Å². The highest BCUT2D eigenvalue weighted by Gasteiger charge is 2.08. The molecule has 0 unspecified atom stereocenters. The molecule has 0 saturated carbocycles. The van der Waals surface area contributed by atoms with E-state index in [4.69, 9.17) is 5.73 Å². The monoisotopic (exact) mass is 280 g/mol. The van der Waals surface area contributed by atoms with Crippen LogP contribution in [0.1, 0.15) is 18.6 Å². The summed E-state index contributed by atoms with van der Waals surface area (Å²) in [4.78, 5) is 18.5. The molecule has 0 spiro atoms. The first-order valence-electron chi connectivity index (χ1n) is 5.80. The summed E-state index contributed by atoms with van der Waals surface area (Å²) in [5.41, 5.74) is 5.66. The standard InChI is InChI=1S/C10H16N8S/c1-4-6-14-10(17-16-6)19-5-7-12-8(11)15-9(13-7)18(2)3/h4-5H2,1-3H3,(H,14,16,17)(H2,11,12,13,15). The van der Waals surface area contributed by atoms with Crippen LogP contribution in [0.25, 0.3) is 0 Å². The summed E-state index contributed by atoms with van der Waals surface area (Å²) in [7, 11) is 3.71. The number of aromatic amines is 1. The third-order valence-electron chi connectivity index (χ3n) is 2.26. The van der Waals surface area contributed by atoms with Gasteiger partial charge in [0, 0.05) is 20.5 Å². The molecule has 0 aliphatic heterocycles. The molecule has 3 N–H and O–H groups in total. The minimum atomic E-state index is 0.221. The molecule has 0 saturated heterocycles. The topological polar surface area (TPSA) is 110 Å². The van der Waals surface area contributed by atoms with Crippen LogP contribution in [-0.2, 0) is 12.2 Å². The Morgan fingerprint density at radius 1 is 1.21 bits per heavy atom. The highest BCUT2D eigenvalue weighted by molar-refractivity contribution is 7.98. The number of hydrogen-bond acceptors (Lipinski definition) is 8. The van der Waals surface area contributed by atoms with E-state index in [0.717, 1.165) is 12.2 Å². The number of rotatable bonds is 5. The lowest BCUT2D eigenvalue weighted by molar-refractivity contribution is 0.914. The minimum absolute atomic E-state index is 0.221. The lowest BCUT2D eigenvalue weighted by Crippen LogP contribution is -2.15. The molecular formula is C10H16N8S. The number of nitrogen functional groups attached to an aromatic ring is 1. The van der Waals surface area contributed by atoms with Gasteiger partial charge in [0.1, 0.15) is 11.6 Å². The van der Waals surface area contributed by atoms with Gasteiger partial charge in [-0.3, -0.25) is 5.10 Å². The SMILES string of the molecule is CCc1nc(SCc2nc(N)nc(N(C)C)n2)n[nH]1. The summed E-state index contributed by atoms with van der Waals surface area (Å²) < 4.78 is 0. The lowest BCUT2D eigenvalue weighted by Gasteiger charge is -2.10. The first-order valence-corrected chi connectivity index (χ1v) is 6.79. The first-order chi connectivity index (χ1) is 9.08. The Morgan fingerprint density at radius 3 is 2.63 bits per heavy atom. The van der Waals surface area contributed by atoms with Crippen molar-refractivity contribution in [2.75, 3.05) is 24.7 Å². The number of aromatic nitrogens is 6. The number of aryl methyl sites for hydroxylation is 1. The fraction of sp³-hybridized carbons (Fsp3) is 0.500. The van der Waals surface area contributed by atoms with Gasteiger partial charge >= 0.3 is 0 Å². The van der Waals surface area contributed by atoms with Crippen molar-refractivity contribution in [2.24, 2.45) is 0 Å². The number of anilines is 2. The van der Waals surface area contributed by atoms with Crippen molar-refractivity contribution in [3.63, 3.8) is 0 Å². The van der Waals surface area contributed by atoms with Gasteiger partial charge in [-0.05, 0) is 0 Å². The molecule has 0 fully saturated rings. The van der Waals surface area contributed by atoms with Gasteiger partial charge in [0.05, 0.1) is 5.75 Å². The van der Waals surface area contributed by atoms with Crippen molar-refractivity contribution in [3.8, 4) is 0 Å². The maximum atomic E-state index is 5.66. The third kappa shape index (κ3) is 3.53. The third-order valence-corrected chi connectivity index (χ3v) is 3.11. The first kappa shape index (κ1) is 13.5. The molecule has 0 aromatic carbocycles. The molecule has 102 valence electrons. The van der Waals surface area contributed by atoms with Crippen molar-refractivity contribution >= 4 is 23.7 Å². The maximum Gasteiger partial charge on any atom is 0.229 e. The lowest BCUT2D eigenvalue weighted by atomic mass is 10.5. The largest absolute Gasteiger partial charge is 0.368 e. The van der Waals surface area contributed by atoms with E-state index in [1.165, 1.54) is 11.8 Å². The second kappa shape index (κ2) is 5.83. The van der Waals surface area contributed by atoms with Crippen molar-refractivity contribution < 1.29 is 0 Å². The Bertz CT molecular complexity index is 552. The maximum absolute atomic E-state index is 5.66. The molecule has 0 atom stereocenters. The van der Waals surface area contributed by atoms with Crippen LogP contribution >= 0.6 is 11.8 Å². The van der Waals surface area contributed by atoms with Gasteiger partial charge in [-0.15, -0.1) is 5.10 Å². The molecule has 2 aromatic heterocycles. The van der Waals surface area contributed by atoms with Crippen LogP contribution in [0.5, 0.6) is 0 Å². The van der Waals surface area contributed by atoms with E-state index in [9.17, 15) is 0 Å². The molecule has 0 amide bonds. The molecule has 0 bridgehead atoms. The van der Waals surface area contributed by atoms with Gasteiger partial charge in [0.2, 0.25) is 17.1 Å². The highest BCUT2D eigenvalue weighted by Crippen LogP contribution is 2.18. The van der Waals surface area contributed by atoms with Gasteiger partial charge in [-0.25, -0.2) is 4.98 Å². The number of H-pyrrole nitrogens is 1. The van der Waals surface area contributed by atoms with Crippen molar-refractivity contribution in [2.45, 2.75) is 24.3 Å². The average molecular weight is 280 g/mol. The van der Waals surface area contributed by atoms with Crippen LogP contribution in [0.15, 0.2) is 5.16 Å². The normalized spacial score (nSPS) is 10.7. The molecule has 2 aromatic rings. The number of nitrogens with one attached hydrogen (secondary N) is 1. The van der Waals surface area contributed by atoms with Gasteiger partial charge in [0.25, 0.3) is 0 Å². The molecule has 2 heterocycles. The molecule has 8 nitrogen and oxygen atoms in total. The second-order valence-corrected chi connectivity index (χ2v) is 4.95. The molecular weight excluding hydrogens is 264 g/mol. The van der Waals surface area contributed by atoms with Gasteiger partial charge in [-0.1, -0.05) is 18.7 Å². The van der Waals surface area contributed by atoms with E-state index >= 15 is 0 Å². The fourth-order valence-corrected chi connectivity index (χ4v) is 1.99. The van der Waals surface area contributed by atoms with Crippen LogP contribution in [0.3, 0.4) is 0 Å². The van der Waals surface area contributed by atoms with Crippen LogP contribution in [-0.4, -0.2) is 44.2 Å². The predicted molar refractivity (Wildman–Crippen MR) is 73.9 cm³/mol. The van der Waals surface area contributed by atoms with E-state index < -0.39 is 0 Å². The Balaban J connectivity index is 2.06. The summed E-state index contributed by atoms with van der Waals surface area (Å²) in [6.45, 7) is 2.02. The molecule has 0 radical (unpaired) electrons. The van der Waals surface area contributed by atoms with E-state index in [1.807, 2.05) is 21.0 Å². The minimum Gasteiger partial charge on any atom is -0.368 e. The molecule has 9 heteroatoms. The fourth-order valence-electron chi connectivity index (χ4n) is 1.32. The van der Waals surface area contributed by atoms with Crippen LogP contribution in [0.4, 0.5) is 11.9 Å². The average Bonchev–Trinajstić information content (AvgIpc) is 2.83. The molecule has 19 heavy (non-hydrogen) atoms. The Morgan fingerprint density at radius 2 is 2.00 bits per heavy atom. The molecule has 0 aliphatic carbocycles. The zero-order valence-corrected chi connectivity index (χ0v) is 11.9. The van der Waals surface area contributed by atoms with E-state index in [0.29, 0.717) is 22.7 Å². The summed E-state index contributed by atoms with van der Waals surface area (Å²) >= 11 is 1.46. The predicted octanol–water partition coefficient (Wildman–Crippen LogP) is 0.493. The summed E-state index contributed by atoms with van der Waals surface area (Å²) in [5.74, 6) is 2.80. The van der Waals surface area contributed by atoms with Crippen LogP contribution in [0.2, 0.25) is 0 Å².